The second-order valence-electron chi connectivity index (χ2n) is 7.32. The topological polar surface area (TPSA) is 91.0 Å². The molecule has 0 fully saturated rings. The van der Waals surface area contributed by atoms with E-state index in [1.165, 1.54) is 22.7 Å². The number of rotatable bonds is 9. The molecule has 164 valence electrons. The minimum Gasteiger partial charge on any atom is -0.345 e. The number of thiazole rings is 1. The molecular weight excluding hydrogens is 442 g/mol. The van der Waals surface area contributed by atoms with E-state index in [0.717, 1.165) is 29.8 Å². The van der Waals surface area contributed by atoms with Gasteiger partial charge in [0, 0.05) is 30.2 Å². The Bertz CT molecular complexity index is 1170. The molecule has 4 aromatic rings. The van der Waals surface area contributed by atoms with E-state index in [1.807, 2.05) is 47.2 Å². The summed E-state index contributed by atoms with van der Waals surface area (Å²) in [6.45, 7) is 0.643. The molecule has 1 aromatic carbocycles. The molecule has 0 aliphatic heterocycles. The Balaban J connectivity index is 1.22. The number of nitrogens with zero attached hydrogens (tertiary/aromatic N) is 3. The molecule has 0 bridgehead atoms. The Morgan fingerprint density at radius 1 is 1.12 bits per heavy atom. The number of carbonyl (C=O) groups excluding carboxylic acids is 2. The Kier molecular flexibility index (Phi) is 7.08. The third kappa shape index (κ3) is 5.68. The number of hydrogen-bond acceptors (Lipinski definition) is 6. The summed E-state index contributed by atoms with van der Waals surface area (Å²) < 4.78 is 0. The summed E-state index contributed by atoms with van der Waals surface area (Å²) in [6, 6.07) is 15.7. The van der Waals surface area contributed by atoms with E-state index < -0.39 is 0 Å². The quantitative estimate of drug-likeness (QED) is 0.381. The van der Waals surface area contributed by atoms with Gasteiger partial charge in [0.2, 0.25) is 5.91 Å². The smallest absolute Gasteiger partial charge is 0.267 e. The van der Waals surface area contributed by atoms with Gasteiger partial charge in [-0.3, -0.25) is 20.0 Å². The highest BCUT2D eigenvalue weighted by molar-refractivity contribution is 7.14. The highest BCUT2D eigenvalue weighted by Gasteiger charge is 2.14. The van der Waals surface area contributed by atoms with Crippen molar-refractivity contribution in [2.75, 3.05) is 18.9 Å². The first kappa shape index (κ1) is 21.9. The van der Waals surface area contributed by atoms with E-state index in [2.05, 4.69) is 26.6 Å². The maximum atomic E-state index is 12.5. The van der Waals surface area contributed by atoms with Gasteiger partial charge in [-0.25, -0.2) is 4.98 Å². The number of H-pyrrole nitrogens is 1. The number of hydrogen-bond donors (Lipinski definition) is 2. The monoisotopic (exact) mass is 465 g/mol. The molecule has 7 nitrogen and oxygen atoms in total. The van der Waals surface area contributed by atoms with E-state index in [1.54, 1.807) is 18.0 Å². The van der Waals surface area contributed by atoms with Gasteiger partial charge in [0.25, 0.3) is 5.91 Å². The van der Waals surface area contributed by atoms with Crippen molar-refractivity contribution in [3.63, 3.8) is 0 Å². The first-order valence-electron chi connectivity index (χ1n) is 10.2. The van der Waals surface area contributed by atoms with Crippen LogP contribution in [0.5, 0.6) is 0 Å². The molecule has 4 rings (SSSR count). The van der Waals surface area contributed by atoms with Crippen molar-refractivity contribution < 1.29 is 9.59 Å². The third-order valence-corrected chi connectivity index (χ3v) is 6.59. The predicted molar refractivity (Wildman–Crippen MR) is 128 cm³/mol. The predicted octanol–water partition coefficient (Wildman–Crippen LogP) is 4.48. The lowest BCUT2D eigenvalue weighted by Crippen LogP contribution is -2.29. The van der Waals surface area contributed by atoms with Crippen molar-refractivity contribution in [3.05, 3.63) is 75.6 Å². The van der Waals surface area contributed by atoms with Gasteiger partial charge in [0.15, 0.2) is 5.13 Å². The number of aryl methyl sites for hydroxylation is 1. The second kappa shape index (κ2) is 10.3. The van der Waals surface area contributed by atoms with Crippen molar-refractivity contribution in [3.8, 4) is 11.3 Å². The molecular formula is C23H23N5O2S2. The number of anilines is 1. The van der Waals surface area contributed by atoms with Crippen LogP contribution in [0, 0.1) is 0 Å². The fraction of sp³-hybridized carbons (Fsp3) is 0.217. The van der Waals surface area contributed by atoms with Gasteiger partial charge in [0.1, 0.15) is 0 Å². The van der Waals surface area contributed by atoms with Gasteiger partial charge in [-0.15, -0.1) is 22.7 Å². The number of benzene rings is 1. The van der Waals surface area contributed by atoms with Crippen molar-refractivity contribution in [1.29, 1.82) is 0 Å². The number of amides is 2. The Morgan fingerprint density at radius 3 is 2.75 bits per heavy atom. The van der Waals surface area contributed by atoms with Crippen molar-refractivity contribution in [1.82, 2.24) is 20.1 Å². The maximum absolute atomic E-state index is 12.5. The first-order valence-corrected chi connectivity index (χ1v) is 12.0. The highest BCUT2D eigenvalue weighted by Crippen LogP contribution is 2.19. The number of nitrogens with one attached hydrogen (secondary N) is 2. The molecule has 0 unspecified atom stereocenters. The summed E-state index contributed by atoms with van der Waals surface area (Å²) in [6.07, 6.45) is 1.86. The summed E-state index contributed by atoms with van der Waals surface area (Å²) in [4.78, 5) is 31.4. The zero-order chi connectivity index (χ0) is 22.3. The standard InChI is InChI=1S/C23H23N5O2S2/c1-28(11-5-9-17-13-19(27-26-17)16-7-3-2-4-8-16)21(29)14-18-15-32-23(24-18)25-22(30)20-10-6-12-31-20/h2-4,6-8,10,12-13,15H,5,9,11,14H2,1H3,(H,26,27)(H,24,25,30). The van der Waals surface area contributed by atoms with Crippen LogP contribution >= 0.6 is 22.7 Å². The third-order valence-electron chi connectivity index (χ3n) is 4.92. The van der Waals surface area contributed by atoms with E-state index in [4.69, 9.17) is 0 Å². The van der Waals surface area contributed by atoms with Gasteiger partial charge in [0.05, 0.1) is 22.7 Å². The van der Waals surface area contributed by atoms with Crippen LogP contribution in [-0.2, 0) is 17.6 Å². The van der Waals surface area contributed by atoms with E-state index in [0.29, 0.717) is 22.2 Å². The Hall–Kier alpha value is -3.30. The summed E-state index contributed by atoms with van der Waals surface area (Å²) in [5.74, 6) is -0.181. The molecule has 2 N–H and O–H groups in total. The van der Waals surface area contributed by atoms with Crippen molar-refractivity contribution in [2.45, 2.75) is 19.3 Å². The molecule has 0 aliphatic carbocycles. The lowest BCUT2D eigenvalue weighted by molar-refractivity contribution is -0.129. The number of likely N-dealkylation sites (N-methyl/N-ethyl adjacent to an activating group) is 1. The molecule has 0 atom stereocenters. The van der Waals surface area contributed by atoms with E-state index in [9.17, 15) is 9.59 Å². The molecule has 3 heterocycles. The highest BCUT2D eigenvalue weighted by atomic mass is 32.1. The minimum absolute atomic E-state index is 0.000943. The number of carbonyl (C=O) groups is 2. The summed E-state index contributed by atoms with van der Waals surface area (Å²) in [5, 5.41) is 14.4. The van der Waals surface area contributed by atoms with Crippen LogP contribution in [0.3, 0.4) is 0 Å². The van der Waals surface area contributed by atoms with E-state index in [-0.39, 0.29) is 18.2 Å². The SMILES string of the molecule is CN(CCCc1cc(-c2ccccc2)n[nH]1)C(=O)Cc1csc(NC(=O)c2cccs2)n1. The van der Waals surface area contributed by atoms with Crippen molar-refractivity contribution >= 4 is 39.6 Å². The van der Waals surface area contributed by atoms with Gasteiger partial charge >= 0.3 is 0 Å². The van der Waals surface area contributed by atoms with Crippen LogP contribution in [0.1, 0.15) is 27.5 Å². The summed E-state index contributed by atoms with van der Waals surface area (Å²) in [7, 11) is 1.80. The van der Waals surface area contributed by atoms with Crippen LogP contribution < -0.4 is 5.32 Å². The second-order valence-corrected chi connectivity index (χ2v) is 9.12. The molecule has 0 saturated heterocycles. The summed E-state index contributed by atoms with van der Waals surface area (Å²) >= 11 is 2.70. The fourth-order valence-electron chi connectivity index (χ4n) is 3.18. The van der Waals surface area contributed by atoms with Crippen LogP contribution in [-0.4, -0.2) is 45.5 Å². The lowest BCUT2D eigenvalue weighted by atomic mass is 10.1. The van der Waals surface area contributed by atoms with Gasteiger partial charge in [-0.2, -0.15) is 5.10 Å². The average molecular weight is 466 g/mol. The minimum atomic E-state index is -0.182. The maximum Gasteiger partial charge on any atom is 0.267 e. The number of thiophene rings is 1. The zero-order valence-electron chi connectivity index (χ0n) is 17.6. The van der Waals surface area contributed by atoms with Crippen LogP contribution in [0.15, 0.2) is 59.3 Å². The normalized spacial score (nSPS) is 10.8. The Labute approximate surface area is 194 Å². The van der Waals surface area contributed by atoms with Gasteiger partial charge in [-0.05, 0) is 30.4 Å². The zero-order valence-corrected chi connectivity index (χ0v) is 19.2. The average Bonchev–Trinajstić information content (AvgIpc) is 3.57. The largest absolute Gasteiger partial charge is 0.345 e. The lowest BCUT2D eigenvalue weighted by Gasteiger charge is -2.16. The van der Waals surface area contributed by atoms with Gasteiger partial charge in [-0.1, -0.05) is 36.4 Å². The summed E-state index contributed by atoms with van der Waals surface area (Å²) in [5.41, 5.74) is 3.72. The Morgan fingerprint density at radius 2 is 1.97 bits per heavy atom. The molecule has 9 heteroatoms. The molecule has 2 amide bonds. The fourth-order valence-corrected chi connectivity index (χ4v) is 4.50. The molecule has 0 radical (unpaired) electrons. The number of aromatic nitrogens is 3. The van der Waals surface area contributed by atoms with Gasteiger partial charge < -0.3 is 4.90 Å². The van der Waals surface area contributed by atoms with Crippen LogP contribution in [0.4, 0.5) is 5.13 Å². The molecule has 32 heavy (non-hydrogen) atoms. The molecule has 3 aromatic heterocycles. The van der Waals surface area contributed by atoms with Crippen LogP contribution in [0.25, 0.3) is 11.3 Å². The molecule has 0 spiro atoms. The number of aromatic amines is 1. The first-order chi connectivity index (χ1) is 15.6. The van der Waals surface area contributed by atoms with E-state index >= 15 is 0 Å². The van der Waals surface area contributed by atoms with Crippen molar-refractivity contribution in [2.24, 2.45) is 0 Å². The van der Waals surface area contributed by atoms with Crippen LogP contribution in [0.2, 0.25) is 0 Å². The molecule has 0 aliphatic rings. The molecule has 0 saturated carbocycles.